The van der Waals surface area contributed by atoms with E-state index in [0.717, 1.165) is 25.6 Å². The van der Waals surface area contributed by atoms with Gasteiger partial charge in [-0.1, -0.05) is 13.8 Å². The Hall–Kier alpha value is -1.61. The number of piperidine rings is 1. The van der Waals surface area contributed by atoms with Crippen LogP contribution in [0.25, 0.3) is 0 Å². The Labute approximate surface area is 138 Å². The van der Waals surface area contributed by atoms with Gasteiger partial charge in [0.15, 0.2) is 0 Å². The molecule has 2 fully saturated rings. The summed E-state index contributed by atoms with van der Waals surface area (Å²) < 4.78 is 0. The smallest absolute Gasteiger partial charge is 0.223 e. The number of amides is 2. The molecule has 23 heavy (non-hydrogen) atoms. The third-order valence-electron chi connectivity index (χ3n) is 5.16. The van der Waals surface area contributed by atoms with E-state index in [2.05, 4.69) is 16.3 Å². The van der Waals surface area contributed by atoms with E-state index in [-0.39, 0.29) is 12.3 Å². The second kappa shape index (κ2) is 6.88. The molecule has 0 aromatic heterocycles. The standard InChI is InChI=1S/C17H28N4O2/c1-16(2,15(19)23)6-5-14(22)20-17(12-18)7-9-21(10-8-17)11-13-3-4-13/h13H,3-11H2,1-2H3,(H2,19,23)(H,20,22). The van der Waals surface area contributed by atoms with Gasteiger partial charge in [-0.3, -0.25) is 9.59 Å². The van der Waals surface area contributed by atoms with E-state index in [4.69, 9.17) is 5.73 Å². The molecular weight excluding hydrogens is 292 g/mol. The molecule has 1 heterocycles. The number of nitrogens with zero attached hydrogens (tertiary/aromatic N) is 2. The van der Waals surface area contributed by atoms with Gasteiger partial charge < -0.3 is 16.0 Å². The van der Waals surface area contributed by atoms with Crippen molar-refractivity contribution in [3.63, 3.8) is 0 Å². The van der Waals surface area contributed by atoms with Gasteiger partial charge in [0.1, 0.15) is 5.54 Å². The zero-order valence-corrected chi connectivity index (χ0v) is 14.2. The molecule has 1 saturated heterocycles. The van der Waals surface area contributed by atoms with Crippen LogP contribution in [-0.4, -0.2) is 41.9 Å². The summed E-state index contributed by atoms with van der Waals surface area (Å²) in [6.45, 7) is 6.31. The monoisotopic (exact) mass is 320 g/mol. The maximum absolute atomic E-state index is 12.2. The van der Waals surface area contributed by atoms with Crippen LogP contribution in [0.3, 0.4) is 0 Å². The lowest BCUT2D eigenvalue weighted by atomic mass is 9.85. The summed E-state index contributed by atoms with van der Waals surface area (Å²) in [4.78, 5) is 25.9. The first-order valence-corrected chi connectivity index (χ1v) is 8.51. The zero-order valence-electron chi connectivity index (χ0n) is 14.2. The molecular formula is C17H28N4O2. The minimum absolute atomic E-state index is 0.170. The third kappa shape index (κ3) is 4.93. The molecule has 2 amide bonds. The van der Waals surface area contributed by atoms with Crippen molar-refractivity contribution >= 4 is 11.8 Å². The first-order chi connectivity index (χ1) is 10.8. The molecule has 128 valence electrons. The Morgan fingerprint density at radius 1 is 1.35 bits per heavy atom. The van der Waals surface area contributed by atoms with Gasteiger partial charge in [0.25, 0.3) is 0 Å². The van der Waals surface area contributed by atoms with Crippen LogP contribution in [-0.2, 0) is 9.59 Å². The number of rotatable bonds is 7. The minimum Gasteiger partial charge on any atom is -0.369 e. The van der Waals surface area contributed by atoms with Crippen LogP contribution in [0.1, 0.15) is 52.4 Å². The summed E-state index contributed by atoms with van der Waals surface area (Å²) >= 11 is 0. The molecule has 1 aliphatic heterocycles. The summed E-state index contributed by atoms with van der Waals surface area (Å²) in [5.41, 5.74) is 3.86. The number of hydrogen-bond acceptors (Lipinski definition) is 4. The van der Waals surface area contributed by atoms with E-state index in [1.807, 2.05) is 0 Å². The van der Waals surface area contributed by atoms with Gasteiger partial charge in [-0.2, -0.15) is 5.26 Å². The van der Waals surface area contributed by atoms with Gasteiger partial charge in [-0.25, -0.2) is 0 Å². The van der Waals surface area contributed by atoms with Crippen LogP contribution >= 0.6 is 0 Å². The molecule has 3 N–H and O–H groups in total. The molecule has 6 nitrogen and oxygen atoms in total. The normalized spacial score (nSPS) is 21.4. The fraction of sp³-hybridized carbons (Fsp3) is 0.824. The fourth-order valence-electron chi connectivity index (χ4n) is 2.93. The van der Waals surface area contributed by atoms with E-state index >= 15 is 0 Å². The Morgan fingerprint density at radius 2 is 1.96 bits per heavy atom. The third-order valence-corrected chi connectivity index (χ3v) is 5.16. The van der Waals surface area contributed by atoms with Crippen LogP contribution in [0, 0.1) is 22.7 Å². The zero-order chi connectivity index (χ0) is 17.1. The maximum atomic E-state index is 12.2. The molecule has 6 heteroatoms. The summed E-state index contributed by atoms with van der Waals surface area (Å²) in [5.74, 6) is 0.264. The number of likely N-dealkylation sites (tertiary alicyclic amines) is 1. The SMILES string of the molecule is CC(C)(CCC(=O)NC1(C#N)CCN(CC2CC2)CC1)C(N)=O. The first-order valence-electron chi connectivity index (χ1n) is 8.51. The number of nitriles is 1. The van der Waals surface area contributed by atoms with E-state index in [9.17, 15) is 14.9 Å². The van der Waals surface area contributed by atoms with Crippen LogP contribution in [0.15, 0.2) is 0 Å². The molecule has 0 unspecified atom stereocenters. The predicted molar refractivity (Wildman–Crippen MR) is 87.1 cm³/mol. The van der Waals surface area contributed by atoms with Crippen molar-refractivity contribution in [1.29, 1.82) is 5.26 Å². The number of carbonyl (C=O) groups is 2. The van der Waals surface area contributed by atoms with Crippen molar-refractivity contribution in [3.05, 3.63) is 0 Å². The molecule has 0 bridgehead atoms. The predicted octanol–water partition coefficient (Wildman–Crippen LogP) is 1.16. The number of primary amides is 1. The van der Waals surface area contributed by atoms with Crippen LogP contribution in [0.4, 0.5) is 0 Å². The van der Waals surface area contributed by atoms with Gasteiger partial charge in [-0.05, 0) is 38.0 Å². The average molecular weight is 320 g/mol. The van der Waals surface area contributed by atoms with Gasteiger partial charge >= 0.3 is 0 Å². The number of nitrogens with two attached hydrogens (primary N) is 1. The molecule has 1 saturated carbocycles. The molecule has 0 aromatic rings. The molecule has 0 radical (unpaired) electrons. The number of nitrogens with one attached hydrogen (secondary N) is 1. The van der Waals surface area contributed by atoms with Crippen molar-refractivity contribution in [3.8, 4) is 6.07 Å². The summed E-state index contributed by atoms with van der Waals surface area (Å²) in [5, 5.41) is 12.4. The van der Waals surface area contributed by atoms with Crippen LogP contribution < -0.4 is 11.1 Å². The lowest BCUT2D eigenvalue weighted by Crippen LogP contribution is -2.54. The van der Waals surface area contributed by atoms with Crippen LogP contribution in [0.2, 0.25) is 0 Å². The summed E-state index contributed by atoms with van der Waals surface area (Å²) in [6, 6.07) is 2.31. The average Bonchev–Trinajstić information content (AvgIpc) is 3.31. The molecule has 2 aliphatic rings. The van der Waals surface area contributed by atoms with Gasteiger partial charge in [0.05, 0.1) is 6.07 Å². The fourth-order valence-corrected chi connectivity index (χ4v) is 2.93. The Balaban J connectivity index is 1.81. The molecule has 1 aliphatic carbocycles. The maximum Gasteiger partial charge on any atom is 0.223 e. The van der Waals surface area contributed by atoms with E-state index in [0.29, 0.717) is 19.3 Å². The van der Waals surface area contributed by atoms with Gasteiger partial charge in [0, 0.05) is 31.5 Å². The second-order valence-corrected chi connectivity index (χ2v) is 7.73. The van der Waals surface area contributed by atoms with E-state index in [1.165, 1.54) is 12.8 Å². The highest BCUT2D eigenvalue weighted by Gasteiger charge is 2.37. The highest BCUT2D eigenvalue weighted by Crippen LogP contribution is 2.32. The van der Waals surface area contributed by atoms with Gasteiger partial charge in [-0.15, -0.1) is 0 Å². The van der Waals surface area contributed by atoms with Crippen molar-refractivity contribution in [2.75, 3.05) is 19.6 Å². The first kappa shape index (κ1) is 17.7. The Kier molecular flexibility index (Phi) is 5.30. The number of carbonyl (C=O) groups excluding carboxylic acids is 2. The molecule has 0 spiro atoms. The quantitative estimate of drug-likeness (QED) is 0.735. The Bertz CT molecular complexity index is 497. The van der Waals surface area contributed by atoms with Crippen LogP contribution in [0.5, 0.6) is 0 Å². The second-order valence-electron chi connectivity index (χ2n) is 7.73. The highest BCUT2D eigenvalue weighted by atomic mass is 16.2. The number of hydrogen-bond donors (Lipinski definition) is 2. The van der Waals surface area contributed by atoms with Crippen molar-refractivity contribution in [2.45, 2.75) is 57.9 Å². The largest absolute Gasteiger partial charge is 0.369 e. The van der Waals surface area contributed by atoms with Crippen molar-refractivity contribution in [1.82, 2.24) is 10.2 Å². The Morgan fingerprint density at radius 3 is 2.43 bits per heavy atom. The van der Waals surface area contributed by atoms with E-state index < -0.39 is 16.9 Å². The molecule has 2 rings (SSSR count). The lowest BCUT2D eigenvalue weighted by Gasteiger charge is -2.38. The highest BCUT2D eigenvalue weighted by molar-refractivity contribution is 5.82. The minimum atomic E-state index is -0.756. The summed E-state index contributed by atoms with van der Waals surface area (Å²) in [6.07, 6.45) is 4.59. The van der Waals surface area contributed by atoms with Crippen molar-refractivity contribution < 1.29 is 9.59 Å². The summed E-state index contributed by atoms with van der Waals surface area (Å²) in [7, 11) is 0. The van der Waals surface area contributed by atoms with E-state index in [1.54, 1.807) is 13.8 Å². The topological polar surface area (TPSA) is 99.2 Å². The van der Waals surface area contributed by atoms with Gasteiger partial charge in [0.2, 0.25) is 11.8 Å². The van der Waals surface area contributed by atoms with Crippen molar-refractivity contribution in [2.24, 2.45) is 17.1 Å². The molecule has 0 atom stereocenters. The lowest BCUT2D eigenvalue weighted by molar-refractivity contribution is -0.127. The molecule has 0 aromatic carbocycles.